The largest absolute Gasteiger partial charge is 0.516 e. The second-order valence-corrected chi connectivity index (χ2v) is 8.54. The van der Waals surface area contributed by atoms with Crippen molar-refractivity contribution in [3.8, 4) is 0 Å². The van der Waals surface area contributed by atoms with E-state index in [-0.39, 0.29) is 11.2 Å². The Morgan fingerprint density at radius 3 is 2.05 bits per heavy atom. The first-order valence-corrected chi connectivity index (χ1v) is 7.83. The first-order valence-electron chi connectivity index (χ1n) is 7.83. The highest BCUT2D eigenvalue weighted by molar-refractivity contribution is 6.61. The molecule has 0 unspecified atom stereocenters. The smallest absolute Gasteiger partial charge is 0.398 e. The lowest BCUT2D eigenvalue weighted by atomic mass is 9.35. The predicted molar refractivity (Wildman–Crippen MR) is 81.4 cm³/mol. The molecule has 3 saturated carbocycles. The fourth-order valence-corrected chi connectivity index (χ4v) is 4.28. The molecule has 0 spiro atoms. The lowest BCUT2D eigenvalue weighted by molar-refractivity contribution is -0.128. The van der Waals surface area contributed by atoms with Crippen molar-refractivity contribution in [2.24, 2.45) is 5.41 Å². The Hall–Kier alpha value is -0.935. The van der Waals surface area contributed by atoms with Gasteiger partial charge < -0.3 is 9.31 Å². The van der Waals surface area contributed by atoms with Gasteiger partial charge in [-0.2, -0.15) is 0 Å². The number of hydrogen-bond acceptors (Lipinski definition) is 4. The van der Waals surface area contributed by atoms with Crippen LogP contribution in [0.5, 0.6) is 0 Å². The third kappa shape index (κ3) is 1.77. The highest BCUT2D eigenvalue weighted by Gasteiger charge is 2.66. The van der Waals surface area contributed by atoms with E-state index in [1.807, 2.05) is 6.20 Å². The van der Waals surface area contributed by atoms with E-state index in [9.17, 15) is 0 Å². The molecular weight excluding hydrogens is 263 g/mol. The Kier molecular flexibility index (Phi) is 2.41. The van der Waals surface area contributed by atoms with Gasteiger partial charge in [0.15, 0.2) is 0 Å². The zero-order chi connectivity index (χ0) is 15.1. The van der Waals surface area contributed by atoms with Gasteiger partial charge in [-0.25, -0.2) is 0 Å². The summed E-state index contributed by atoms with van der Waals surface area (Å²) in [6, 6.07) is 0. The van der Waals surface area contributed by atoms with E-state index in [0.717, 1.165) is 11.3 Å². The summed E-state index contributed by atoms with van der Waals surface area (Å²) in [6.45, 7) is 10.6. The van der Waals surface area contributed by atoms with Crippen LogP contribution in [0.25, 0.3) is 0 Å². The molecule has 1 saturated heterocycles. The van der Waals surface area contributed by atoms with Crippen molar-refractivity contribution in [2.45, 2.75) is 70.5 Å². The Bertz CT molecular complexity index is 578. The van der Waals surface area contributed by atoms with Gasteiger partial charge >= 0.3 is 7.12 Å². The van der Waals surface area contributed by atoms with Crippen LogP contribution in [-0.2, 0) is 14.7 Å². The Labute approximate surface area is 126 Å². The van der Waals surface area contributed by atoms with Crippen LogP contribution in [0, 0.1) is 5.41 Å². The van der Waals surface area contributed by atoms with Crippen molar-refractivity contribution in [3.63, 3.8) is 0 Å². The fraction of sp³-hybridized carbons (Fsp3) is 0.750. The lowest BCUT2D eigenvalue weighted by Gasteiger charge is -2.69. The summed E-state index contributed by atoms with van der Waals surface area (Å²) in [4.78, 5) is 9.23. The average Bonchev–Trinajstić information content (AvgIpc) is 2.54. The third-order valence-electron chi connectivity index (χ3n) is 5.99. The molecule has 3 aliphatic carbocycles. The summed E-state index contributed by atoms with van der Waals surface area (Å²) in [5.41, 5.74) is 2.13. The van der Waals surface area contributed by atoms with Crippen LogP contribution in [0.3, 0.4) is 0 Å². The van der Waals surface area contributed by atoms with Crippen LogP contribution in [0.1, 0.15) is 59.6 Å². The number of nitrogens with zero attached hydrogens (tertiary/aromatic N) is 2. The van der Waals surface area contributed by atoms with Gasteiger partial charge in [0.25, 0.3) is 0 Å². The summed E-state index contributed by atoms with van der Waals surface area (Å²) in [6.07, 6.45) is 7.46. The maximum Gasteiger partial charge on any atom is 0.516 e. The van der Waals surface area contributed by atoms with Crippen LogP contribution < -0.4 is 5.59 Å². The fourth-order valence-electron chi connectivity index (χ4n) is 4.28. The van der Waals surface area contributed by atoms with Crippen LogP contribution in [0.2, 0.25) is 0 Å². The molecule has 4 fully saturated rings. The van der Waals surface area contributed by atoms with Crippen LogP contribution in [-0.4, -0.2) is 28.3 Å². The number of hydrogen-bond donors (Lipinski definition) is 0. The molecule has 2 heterocycles. The summed E-state index contributed by atoms with van der Waals surface area (Å²) >= 11 is 0. The van der Waals surface area contributed by atoms with Gasteiger partial charge in [-0.1, -0.05) is 6.92 Å². The molecule has 1 aromatic rings. The Morgan fingerprint density at radius 1 is 0.952 bits per heavy atom. The van der Waals surface area contributed by atoms with Gasteiger partial charge in [-0.05, 0) is 52.4 Å². The molecule has 112 valence electrons. The second-order valence-electron chi connectivity index (χ2n) is 8.54. The van der Waals surface area contributed by atoms with Crippen molar-refractivity contribution in [2.75, 3.05) is 0 Å². The SMILES string of the molecule is CC12CC(c3cncc(B4OC(C)(C)C(C)(C)O4)n3)(C1)C2. The average molecular weight is 286 g/mol. The van der Waals surface area contributed by atoms with Crippen molar-refractivity contribution < 1.29 is 9.31 Å². The van der Waals surface area contributed by atoms with Crippen LogP contribution in [0.4, 0.5) is 0 Å². The first-order chi connectivity index (χ1) is 9.65. The van der Waals surface area contributed by atoms with E-state index in [1.54, 1.807) is 6.20 Å². The third-order valence-corrected chi connectivity index (χ3v) is 5.99. The van der Waals surface area contributed by atoms with Crippen LogP contribution in [0.15, 0.2) is 12.4 Å². The van der Waals surface area contributed by atoms with Gasteiger partial charge in [0, 0.05) is 17.8 Å². The van der Waals surface area contributed by atoms with E-state index >= 15 is 0 Å². The van der Waals surface area contributed by atoms with Crippen molar-refractivity contribution in [3.05, 3.63) is 18.1 Å². The van der Waals surface area contributed by atoms with E-state index < -0.39 is 7.12 Å². The summed E-state index contributed by atoms with van der Waals surface area (Å²) in [7, 11) is -0.412. The Morgan fingerprint density at radius 2 is 1.52 bits per heavy atom. The molecule has 5 heteroatoms. The van der Waals surface area contributed by atoms with E-state index in [4.69, 9.17) is 14.3 Å². The van der Waals surface area contributed by atoms with Gasteiger partial charge in [0.2, 0.25) is 0 Å². The van der Waals surface area contributed by atoms with E-state index in [1.165, 1.54) is 19.3 Å². The molecular formula is C16H23BN2O2. The summed E-state index contributed by atoms with van der Waals surface area (Å²) in [5.74, 6) is 0. The summed E-state index contributed by atoms with van der Waals surface area (Å²) < 4.78 is 12.2. The molecule has 5 rings (SSSR count). The molecule has 2 bridgehead atoms. The molecule has 0 aromatic carbocycles. The minimum Gasteiger partial charge on any atom is -0.398 e. The maximum absolute atomic E-state index is 6.08. The predicted octanol–water partition coefficient (Wildman–Crippen LogP) is 2.22. The lowest BCUT2D eigenvalue weighted by Crippen LogP contribution is -2.63. The molecule has 0 amide bonds. The zero-order valence-electron chi connectivity index (χ0n) is 13.6. The second kappa shape index (κ2) is 3.69. The molecule has 4 aliphatic rings. The van der Waals surface area contributed by atoms with Gasteiger partial charge in [-0.3, -0.25) is 9.97 Å². The minimum absolute atomic E-state index is 0.293. The standard InChI is InChI=1S/C16H23BN2O2/c1-13(2)14(3,4)21-17(20-13)12-7-18-6-11(19-12)16-8-15(5,9-16)10-16/h6-7H,8-10H2,1-5H3. The number of rotatable bonds is 2. The zero-order valence-corrected chi connectivity index (χ0v) is 13.6. The topological polar surface area (TPSA) is 44.2 Å². The highest BCUT2D eigenvalue weighted by Crippen LogP contribution is 2.72. The van der Waals surface area contributed by atoms with E-state index in [2.05, 4.69) is 39.6 Å². The molecule has 4 nitrogen and oxygen atoms in total. The molecule has 21 heavy (non-hydrogen) atoms. The molecule has 0 radical (unpaired) electrons. The normalized spacial score (nSPS) is 38.8. The van der Waals surface area contributed by atoms with Gasteiger partial charge in [0.1, 0.15) is 0 Å². The minimum atomic E-state index is -0.412. The van der Waals surface area contributed by atoms with Crippen molar-refractivity contribution in [1.29, 1.82) is 0 Å². The quantitative estimate of drug-likeness (QED) is 0.782. The van der Waals surface area contributed by atoms with E-state index in [0.29, 0.717) is 10.8 Å². The monoisotopic (exact) mass is 286 g/mol. The van der Waals surface area contributed by atoms with Crippen molar-refractivity contribution in [1.82, 2.24) is 9.97 Å². The van der Waals surface area contributed by atoms with Crippen LogP contribution >= 0.6 is 0 Å². The Balaban J connectivity index is 1.60. The van der Waals surface area contributed by atoms with Crippen molar-refractivity contribution >= 4 is 12.7 Å². The molecule has 1 aromatic heterocycles. The first kappa shape index (κ1) is 13.7. The maximum atomic E-state index is 6.08. The highest BCUT2D eigenvalue weighted by atomic mass is 16.7. The molecule has 1 aliphatic heterocycles. The summed E-state index contributed by atoms with van der Waals surface area (Å²) in [5, 5.41) is 0. The number of aromatic nitrogens is 2. The molecule has 0 N–H and O–H groups in total. The van der Waals surface area contributed by atoms with Gasteiger partial charge in [0.05, 0.1) is 22.5 Å². The van der Waals surface area contributed by atoms with Gasteiger partial charge in [-0.15, -0.1) is 0 Å². The molecule has 0 atom stereocenters.